The lowest BCUT2D eigenvalue weighted by molar-refractivity contribution is -0.140. The molecule has 1 unspecified atom stereocenters. The Morgan fingerprint density at radius 3 is 2.53 bits per heavy atom. The zero-order chi connectivity index (χ0) is 27.4. The molecular weight excluding hydrogens is 508 g/mol. The molecule has 1 aliphatic heterocycles. The lowest BCUT2D eigenvalue weighted by atomic mass is 9.93. The van der Waals surface area contributed by atoms with Crippen molar-refractivity contribution in [2.24, 2.45) is 5.73 Å². The first kappa shape index (κ1) is 27.8. The van der Waals surface area contributed by atoms with Crippen molar-refractivity contribution in [3.05, 3.63) is 35.3 Å². The predicted octanol–water partition coefficient (Wildman–Crippen LogP) is 3.86. The van der Waals surface area contributed by atoms with Gasteiger partial charge in [-0.1, -0.05) is 6.42 Å². The second-order valence-corrected chi connectivity index (χ2v) is 9.72. The number of anilines is 2. The summed E-state index contributed by atoms with van der Waals surface area (Å²) in [5.74, 6) is -2.26. The summed E-state index contributed by atoms with van der Waals surface area (Å²) >= 11 is 0. The molecule has 2 atom stereocenters. The highest BCUT2D eigenvalue weighted by molar-refractivity contribution is 5.96. The molecule has 1 saturated heterocycles. The summed E-state index contributed by atoms with van der Waals surface area (Å²) in [5.41, 5.74) is 4.72. The monoisotopic (exact) mass is 540 g/mol. The molecule has 9 nitrogen and oxygen atoms in total. The number of methoxy groups -OCH3 is 1. The number of carbonyl (C=O) groups is 1. The van der Waals surface area contributed by atoms with Gasteiger partial charge in [-0.3, -0.25) is 4.79 Å². The minimum absolute atomic E-state index is 0.0286. The molecule has 0 bridgehead atoms. The van der Waals surface area contributed by atoms with Gasteiger partial charge in [0, 0.05) is 24.3 Å². The number of piperidine rings is 1. The summed E-state index contributed by atoms with van der Waals surface area (Å²) in [6, 6.07) is 1.75. The minimum atomic E-state index is -4.75. The average molecular weight is 541 g/mol. The third-order valence-corrected chi connectivity index (χ3v) is 6.91. The highest BCUT2D eigenvalue weighted by Gasteiger charge is 2.38. The maximum absolute atomic E-state index is 15.0. The maximum Gasteiger partial charge on any atom is 0.423 e. The van der Waals surface area contributed by atoms with Crippen LogP contribution < -0.4 is 25.8 Å². The average Bonchev–Trinajstić information content (AvgIpc) is 2.86. The van der Waals surface area contributed by atoms with Crippen LogP contribution in [0, 0.1) is 5.82 Å². The van der Waals surface area contributed by atoms with Gasteiger partial charge in [-0.2, -0.15) is 18.2 Å². The van der Waals surface area contributed by atoms with Crippen molar-refractivity contribution < 1.29 is 31.8 Å². The number of likely N-dealkylation sites (tertiary alicyclic amines) is 1. The first-order valence-electron chi connectivity index (χ1n) is 12.6. The molecular formula is C25H32F4N6O3. The zero-order valence-corrected chi connectivity index (χ0v) is 21.3. The van der Waals surface area contributed by atoms with Gasteiger partial charge in [0.25, 0.3) is 5.91 Å². The van der Waals surface area contributed by atoms with Crippen LogP contribution in [0.1, 0.15) is 54.4 Å². The molecule has 2 aliphatic rings. The van der Waals surface area contributed by atoms with Crippen LogP contribution >= 0.6 is 0 Å². The SMILES string of the molecule is COc1cc(C(=O)NC2CCN(C)CC2)c(F)cc1Nc1ncc(C(F)(F)F)c(OC2CCCC[C@H]2N)n1. The fourth-order valence-electron chi connectivity index (χ4n) is 4.66. The molecule has 0 spiro atoms. The van der Waals surface area contributed by atoms with E-state index in [1.165, 1.54) is 13.2 Å². The Morgan fingerprint density at radius 1 is 1.16 bits per heavy atom. The van der Waals surface area contributed by atoms with Crippen molar-refractivity contribution in [1.82, 2.24) is 20.2 Å². The number of alkyl halides is 3. The summed E-state index contributed by atoms with van der Waals surface area (Å²) < 4.78 is 66.8. The highest BCUT2D eigenvalue weighted by Crippen LogP contribution is 2.37. The van der Waals surface area contributed by atoms with Gasteiger partial charge >= 0.3 is 6.18 Å². The van der Waals surface area contributed by atoms with Crippen molar-refractivity contribution in [2.45, 2.75) is 62.9 Å². The fraction of sp³-hybridized carbons (Fsp3) is 0.560. The van der Waals surface area contributed by atoms with Crippen LogP contribution in [0.15, 0.2) is 18.3 Å². The Balaban J connectivity index is 1.56. The molecule has 2 heterocycles. The molecule has 13 heteroatoms. The molecule has 1 aromatic carbocycles. The van der Waals surface area contributed by atoms with Gasteiger partial charge < -0.3 is 30.7 Å². The zero-order valence-electron chi connectivity index (χ0n) is 21.3. The number of benzene rings is 1. The predicted molar refractivity (Wildman–Crippen MR) is 132 cm³/mol. The van der Waals surface area contributed by atoms with E-state index in [2.05, 4.69) is 25.5 Å². The molecule has 2 fully saturated rings. The van der Waals surface area contributed by atoms with Crippen LogP contribution in [0.2, 0.25) is 0 Å². The van der Waals surface area contributed by atoms with Gasteiger partial charge in [0.1, 0.15) is 23.2 Å². The van der Waals surface area contributed by atoms with Crippen molar-refractivity contribution in [2.75, 3.05) is 32.6 Å². The number of rotatable bonds is 7. The summed E-state index contributed by atoms with van der Waals surface area (Å²) in [7, 11) is 3.32. The fourth-order valence-corrected chi connectivity index (χ4v) is 4.66. The second-order valence-electron chi connectivity index (χ2n) is 9.72. The minimum Gasteiger partial charge on any atom is -0.495 e. The first-order chi connectivity index (χ1) is 18.0. The molecule has 0 radical (unpaired) electrons. The van der Waals surface area contributed by atoms with E-state index in [9.17, 15) is 22.4 Å². The molecule has 4 N–H and O–H groups in total. The van der Waals surface area contributed by atoms with Crippen LogP contribution in [0.5, 0.6) is 11.6 Å². The normalized spacial score (nSPS) is 21.1. The number of nitrogens with two attached hydrogens (primary N) is 1. The van der Waals surface area contributed by atoms with Crippen molar-refractivity contribution in [3.8, 4) is 11.6 Å². The Bertz CT molecular complexity index is 1140. The van der Waals surface area contributed by atoms with Gasteiger partial charge in [0.15, 0.2) is 0 Å². The number of ether oxygens (including phenoxy) is 2. The van der Waals surface area contributed by atoms with E-state index >= 15 is 0 Å². The van der Waals surface area contributed by atoms with Crippen LogP contribution in [0.3, 0.4) is 0 Å². The van der Waals surface area contributed by atoms with Gasteiger partial charge in [-0.15, -0.1) is 0 Å². The Labute approximate surface area is 218 Å². The largest absolute Gasteiger partial charge is 0.495 e. The van der Waals surface area contributed by atoms with Crippen molar-refractivity contribution >= 4 is 17.5 Å². The van der Waals surface area contributed by atoms with E-state index in [-0.39, 0.29) is 29.0 Å². The molecule has 2 aromatic rings. The van der Waals surface area contributed by atoms with E-state index in [1.54, 1.807) is 0 Å². The number of aromatic nitrogens is 2. The van der Waals surface area contributed by atoms with Gasteiger partial charge in [0.05, 0.1) is 18.4 Å². The van der Waals surface area contributed by atoms with E-state index < -0.39 is 41.5 Å². The van der Waals surface area contributed by atoms with Crippen LogP contribution in [-0.2, 0) is 6.18 Å². The molecule has 1 saturated carbocycles. The lowest BCUT2D eigenvalue weighted by Crippen LogP contribution is -2.43. The summed E-state index contributed by atoms with van der Waals surface area (Å²) in [6.07, 6.45) is -0.469. The number of hydrogen-bond acceptors (Lipinski definition) is 8. The number of nitrogens with zero attached hydrogens (tertiary/aromatic N) is 3. The molecule has 38 heavy (non-hydrogen) atoms. The molecule has 208 valence electrons. The lowest BCUT2D eigenvalue weighted by Gasteiger charge is -2.29. The quantitative estimate of drug-likeness (QED) is 0.454. The highest BCUT2D eigenvalue weighted by atomic mass is 19.4. The number of amides is 1. The molecule has 4 rings (SSSR count). The smallest absolute Gasteiger partial charge is 0.423 e. The molecule has 1 aromatic heterocycles. The Kier molecular flexibility index (Phi) is 8.56. The van der Waals surface area contributed by atoms with Crippen LogP contribution in [-0.4, -0.2) is 66.2 Å². The van der Waals surface area contributed by atoms with E-state index in [0.717, 1.165) is 44.8 Å². The summed E-state index contributed by atoms with van der Waals surface area (Å²) in [6.45, 7) is 1.65. The van der Waals surface area contributed by atoms with Gasteiger partial charge in [-0.25, -0.2) is 9.37 Å². The number of nitrogens with one attached hydrogen (secondary N) is 2. The maximum atomic E-state index is 15.0. The number of halogens is 4. The third kappa shape index (κ3) is 6.62. The van der Waals surface area contributed by atoms with Gasteiger partial charge in [-0.05, 0) is 58.3 Å². The standard InChI is InChI=1S/C25H32F4N6O3/c1-35-9-7-14(8-10-35)32-22(36)15-11-21(37-2)19(12-17(15)26)33-24-31-13-16(25(27,28)29)23(34-24)38-20-6-4-3-5-18(20)30/h11-14,18,20H,3-10,30H2,1-2H3,(H,32,36)(H,31,33,34)/t18-,20?/m1/s1. The third-order valence-electron chi connectivity index (χ3n) is 6.91. The van der Waals surface area contributed by atoms with E-state index in [1.807, 2.05) is 7.05 Å². The summed E-state index contributed by atoms with van der Waals surface area (Å²) in [4.78, 5) is 22.6. The van der Waals surface area contributed by atoms with Crippen molar-refractivity contribution in [1.29, 1.82) is 0 Å². The van der Waals surface area contributed by atoms with Crippen LogP contribution in [0.4, 0.5) is 29.2 Å². The van der Waals surface area contributed by atoms with Crippen LogP contribution in [0.25, 0.3) is 0 Å². The molecule has 1 aliphatic carbocycles. The van der Waals surface area contributed by atoms with Gasteiger partial charge in [0.2, 0.25) is 11.8 Å². The Hall–Kier alpha value is -3.19. The van der Waals surface area contributed by atoms with Crippen molar-refractivity contribution in [3.63, 3.8) is 0 Å². The number of carbonyl (C=O) groups excluding carboxylic acids is 1. The van der Waals surface area contributed by atoms with E-state index in [4.69, 9.17) is 15.2 Å². The number of hydrogen-bond donors (Lipinski definition) is 3. The molecule has 1 amide bonds. The Morgan fingerprint density at radius 2 is 1.87 bits per heavy atom. The summed E-state index contributed by atoms with van der Waals surface area (Å²) in [5, 5.41) is 5.53. The van der Waals surface area contributed by atoms with E-state index in [0.29, 0.717) is 19.0 Å². The topological polar surface area (TPSA) is 115 Å². The first-order valence-corrected chi connectivity index (χ1v) is 12.6. The second kappa shape index (κ2) is 11.7.